The van der Waals surface area contributed by atoms with Crippen LogP contribution < -0.4 is 5.30 Å². The van der Waals surface area contributed by atoms with Crippen molar-refractivity contribution >= 4 is 45.5 Å². The molecular weight excluding hydrogens is 391 g/mol. The van der Waals surface area contributed by atoms with Gasteiger partial charge in [-0.05, 0) is 59.1 Å². The third kappa shape index (κ3) is 3.33. The van der Waals surface area contributed by atoms with Gasteiger partial charge in [-0.3, -0.25) is 0 Å². The Hall–Kier alpha value is -2.43. The minimum absolute atomic E-state index is 0.230. The highest BCUT2D eigenvalue weighted by Gasteiger charge is 2.37. The molecule has 0 heterocycles. The van der Waals surface area contributed by atoms with Crippen LogP contribution in [0.15, 0.2) is 78.9 Å². The number of benzene rings is 5. The van der Waals surface area contributed by atoms with Crippen molar-refractivity contribution in [3.63, 3.8) is 0 Å². The molecule has 5 aromatic rings. The summed E-state index contributed by atoms with van der Waals surface area (Å²) in [4.78, 5) is 0. The van der Waals surface area contributed by atoms with Crippen LogP contribution in [0.3, 0.4) is 0 Å². The quantitative estimate of drug-likeness (QED) is 0.197. The third-order valence-corrected chi connectivity index (χ3v) is 9.86. The van der Waals surface area contributed by atoms with Gasteiger partial charge in [0.25, 0.3) is 0 Å². The molecule has 0 radical (unpaired) electrons. The molecule has 0 atom stereocenters. The summed E-state index contributed by atoms with van der Waals surface area (Å²) in [6.45, 7) is 14.4. The molecule has 0 amide bonds. The molecule has 0 aromatic heterocycles. The summed E-state index contributed by atoms with van der Waals surface area (Å²) in [5.74, 6) is 0. The van der Waals surface area contributed by atoms with E-state index in [1.807, 2.05) is 0 Å². The fraction of sp³-hybridized carbons (Fsp3) is 0.267. The van der Waals surface area contributed by atoms with Gasteiger partial charge in [0.1, 0.15) is 0 Å². The van der Waals surface area contributed by atoms with Gasteiger partial charge < -0.3 is 0 Å². The Balaban J connectivity index is 1.86. The van der Waals surface area contributed by atoms with E-state index < -0.39 is 0 Å². The lowest BCUT2D eigenvalue weighted by atomic mass is 9.90. The SMILES string of the molecule is CC(C)(C)P(c1ccccc1-c1ccc2ccc3cccc4ccc1c2c34)C(C)(C)C. The van der Waals surface area contributed by atoms with Gasteiger partial charge in [0.2, 0.25) is 0 Å². The van der Waals surface area contributed by atoms with Gasteiger partial charge in [-0.2, -0.15) is 0 Å². The molecule has 0 nitrogen and oxygen atoms in total. The zero-order valence-corrected chi connectivity index (χ0v) is 20.3. The number of hydrogen-bond acceptors (Lipinski definition) is 0. The first-order valence-electron chi connectivity index (χ1n) is 11.2. The van der Waals surface area contributed by atoms with Crippen LogP contribution >= 0.6 is 7.92 Å². The van der Waals surface area contributed by atoms with E-state index in [9.17, 15) is 0 Å². The van der Waals surface area contributed by atoms with E-state index in [0.29, 0.717) is 0 Å². The van der Waals surface area contributed by atoms with E-state index in [4.69, 9.17) is 0 Å². The molecular formula is C30H31P. The molecule has 0 aliphatic rings. The summed E-state index contributed by atoms with van der Waals surface area (Å²) in [7, 11) is -0.386. The van der Waals surface area contributed by atoms with Gasteiger partial charge in [-0.25, -0.2) is 0 Å². The van der Waals surface area contributed by atoms with Gasteiger partial charge in [0.05, 0.1) is 0 Å². The van der Waals surface area contributed by atoms with E-state index in [1.165, 1.54) is 48.7 Å². The molecule has 5 rings (SSSR count). The topological polar surface area (TPSA) is 0 Å². The van der Waals surface area contributed by atoms with Gasteiger partial charge in [0, 0.05) is 0 Å². The van der Waals surface area contributed by atoms with Gasteiger partial charge in [-0.1, -0.05) is 128 Å². The highest BCUT2D eigenvalue weighted by Crippen LogP contribution is 2.59. The summed E-state index contributed by atoms with van der Waals surface area (Å²) in [6.07, 6.45) is 0. The van der Waals surface area contributed by atoms with Crippen LogP contribution in [-0.4, -0.2) is 10.3 Å². The van der Waals surface area contributed by atoms with Gasteiger partial charge in [0.15, 0.2) is 0 Å². The lowest BCUT2D eigenvalue weighted by Gasteiger charge is -2.42. The van der Waals surface area contributed by atoms with Crippen LogP contribution in [0.1, 0.15) is 41.5 Å². The molecule has 5 aromatic carbocycles. The van der Waals surface area contributed by atoms with Crippen molar-refractivity contribution in [3.8, 4) is 11.1 Å². The van der Waals surface area contributed by atoms with Crippen molar-refractivity contribution in [2.24, 2.45) is 0 Å². The van der Waals surface area contributed by atoms with Crippen molar-refractivity contribution in [2.45, 2.75) is 51.9 Å². The van der Waals surface area contributed by atoms with Crippen LogP contribution in [0.4, 0.5) is 0 Å². The van der Waals surface area contributed by atoms with Crippen LogP contribution in [0, 0.1) is 0 Å². The molecule has 0 fully saturated rings. The number of rotatable bonds is 2. The second-order valence-corrected chi connectivity index (χ2v) is 14.5. The molecule has 1 heteroatoms. The van der Waals surface area contributed by atoms with E-state index in [1.54, 1.807) is 0 Å². The van der Waals surface area contributed by atoms with E-state index >= 15 is 0 Å². The lowest BCUT2D eigenvalue weighted by molar-refractivity contribution is 0.715. The molecule has 0 bridgehead atoms. The summed E-state index contributed by atoms with van der Waals surface area (Å²) in [5.41, 5.74) is 2.76. The Kier molecular flexibility index (Phi) is 4.65. The smallest absolute Gasteiger partial charge is 0.00206 e. The monoisotopic (exact) mass is 422 g/mol. The van der Waals surface area contributed by atoms with Crippen LogP contribution in [-0.2, 0) is 0 Å². The van der Waals surface area contributed by atoms with E-state index in [-0.39, 0.29) is 18.2 Å². The number of hydrogen-bond donors (Lipinski definition) is 0. The fourth-order valence-corrected chi connectivity index (χ4v) is 9.72. The van der Waals surface area contributed by atoms with Crippen molar-refractivity contribution in [3.05, 3.63) is 78.9 Å². The van der Waals surface area contributed by atoms with Crippen molar-refractivity contribution in [1.29, 1.82) is 0 Å². The highest BCUT2D eigenvalue weighted by atomic mass is 31.1. The normalized spacial score (nSPS) is 13.1. The lowest BCUT2D eigenvalue weighted by Crippen LogP contribution is -2.31. The fourth-order valence-electron chi connectivity index (χ4n) is 5.60. The molecule has 0 N–H and O–H groups in total. The molecule has 0 aliphatic carbocycles. The Morgan fingerprint density at radius 2 is 1.03 bits per heavy atom. The Bertz CT molecular complexity index is 1370. The predicted molar refractivity (Wildman–Crippen MR) is 142 cm³/mol. The first-order chi connectivity index (χ1) is 14.7. The van der Waals surface area contributed by atoms with E-state index in [2.05, 4.69) is 120 Å². The Morgan fingerprint density at radius 3 is 1.68 bits per heavy atom. The molecule has 31 heavy (non-hydrogen) atoms. The molecule has 0 saturated carbocycles. The minimum atomic E-state index is -0.386. The zero-order valence-electron chi connectivity index (χ0n) is 19.5. The summed E-state index contributed by atoms with van der Waals surface area (Å²) in [5, 5.41) is 10.1. The van der Waals surface area contributed by atoms with Crippen molar-refractivity contribution < 1.29 is 0 Å². The summed E-state index contributed by atoms with van der Waals surface area (Å²) in [6, 6.07) is 29.6. The van der Waals surface area contributed by atoms with E-state index in [0.717, 1.165) is 0 Å². The maximum Gasteiger partial charge on any atom is -0.00206 e. The summed E-state index contributed by atoms with van der Waals surface area (Å²) < 4.78 is 0. The van der Waals surface area contributed by atoms with Crippen LogP contribution in [0.2, 0.25) is 0 Å². The zero-order chi connectivity index (χ0) is 22.0. The summed E-state index contributed by atoms with van der Waals surface area (Å²) >= 11 is 0. The Labute approximate surface area is 187 Å². The molecule has 0 saturated heterocycles. The average molecular weight is 423 g/mol. The van der Waals surface area contributed by atoms with Crippen molar-refractivity contribution in [1.82, 2.24) is 0 Å². The van der Waals surface area contributed by atoms with Crippen LogP contribution in [0.25, 0.3) is 43.4 Å². The maximum absolute atomic E-state index is 2.41. The van der Waals surface area contributed by atoms with Gasteiger partial charge in [-0.15, -0.1) is 0 Å². The average Bonchev–Trinajstić information content (AvgIpc) is 2.70. The molecule has 156 valence electrons. The molecule has 0 spiro atoms. The second kappa shape index (κ2) is 7.04. The van der Waals surface area contributed by atoms with Gasteiger partial charge >= 0.3 is 0 Å². The predicted octanol–water partition coefficient (Wildman–Crippen LogP) is 8.96. The highest BCUT2D eigenvalue weighted by molar-refractivity contribution is 7.68. The Morgan fingerprint density at radius 1 is 0.484 bits per heavy atom. The maximum atomic E-state index is 2.41. The first-order valence-corrected chi connectivity index (χ1v) is 12.6. The standard InChI is InChI=1S/C30H31P/c1-29(2,3)31(30(4,5)6)26-13-8-7-12-24(26)23-18-16-22-15-14-20-10-9-11-21-17-19-25(23)28(22)27(20)21/h7-19H,1-6H3. The second-order valence-electron chi connectivity index (χ2n) is 10.7. The minimum Gasteiger partial charge on any atom is -0.0636 e. The third-order valence-electron chi connectivity index (χ3n) is 6.31. The largest absolute Gasteiger partial charge is 0.0636 e. The van der Waals surface area contributed by atoms with Crippen molar-refractivity contribution in [2.75, 3.05) is 0 Å². The molecule has 0 unspecified atom stereocenters. The molecule has 0 aliphatic heterocycles. The first kappa shape index (κ1) is 20.5. The van der Waals surface area contributed by atoms with Crippen LogP contribution in [0.5, 0.6) is 0 Å².